The number of ether oxygens (including phenoxy) is 2. The molecule has 4 aromatic rings. The molecule has 9 heteroatoms. The molecule has 0 bridgehead atoms. The number of aromatic nitrogens is 4. The van der Waals surface area contributed by atoms with E-state index in [4.69, 9.17) is 9.47 Å². The Morgan fingerprint density at radius 1 is 0.833 bits per heavy atom. The molecule has 3 aromatic carbocycles. The number of hydrogen-bond acceptors (Lipinski definition) is 7. The van der Waals surface area contributed by atoms with Crippen LogP contribution in [0.4, 0.5) is 0 Å². The minimum atomic E-state index is -3.74. The standard InChI is InChI=1S/C27H26N4O4S/c32-36(33,26-28-29-30-31(26)23-14-8-3-9-15-23)19-20-16-17-27(18-20)34-24(21-10-4-1-5-11-21)25(35-27)22-12-6-2-7-13-22/h1-15,20,24-25H,16-19H2/t20-,24+,25+/m0/s1. The van der Waals surface area contributed by atoms with E-state index in [1.54, 1.807) is 12.1 Å². The summed E-state index contributed by atoms with van der Waals surface area (Å²) in [5, 5.41) is 11.2. The number of rotatable bonds is 6. The Hall–Kier alpha value is -3.40. The van der Waals surface area contributed by atoms with Crippen LogP contribution in [0.1, 0.15) is 42.6 Å². The molecule has 2 heterocycles. The number of para-hydroxylation sites is 1. The van der Waals surface area contributed by atoms with Crippen LogP contribution in [0.25, 0.3) is 5.69 Å². The number of sulfone groups is 1. The van der Waals surface area contributed by atoms with Gasteiger partial charge in [0.2, 0.25) is 9.84 Å². The predicted molar refractivity (Wildman–Crippen MR) is 132 cm³/mol. The summed E-state index contributed by atoms with van der Waals surface area (Å²) in [5.74, 6) is -1.03. The number of nitrogens with zero attached hydrogens (tertiary/aromatic N) is 4. The molecule has 3 atom stereocenters. The van der Waals surface area contributed by atoms with Gasteiger partial charge in [0.25, 0.3) is 5.16 Å². The second kappa shape index (κ2) is 9.24. The van der Waals surface area contributed by atoms with Gasteiger partial charge in [-0.1, -0.05) is 84.0 Å². The van der Waals surface area contributed by atoms with Gasteiger partial charge in [-0.2, -0.15) is 4.68 Å². The van der Waals surface area contributed by atoms with Crippen LogP contribution in [-0.4, -0.2) is 40.2 Å². The lowest BCUT2D eigenvalue weighted by molar-refractivity contribution is -0.172. The summed E-state index contributed by atoms with van der Waals surface area (Å²) < 4.78 is 41.3. The van der Waals surface area contributed by atoms with Gasteiger partial charge < -0.3 is 9.47 Å². The quantitative estimate of drug-likeness (QED) is 0.384. The van der Waals surface area contributed by atoms with Gasteiger partial charge in [-0.05, 0) is 46.0 Å². The minimum Gasteiger partial charge on any atom is -0.339 e. The van der Waals surface area contributed by atoms with Crippen LogP contribution in [0.15, 0.2) is 96.2 Å². The first-order valence-electron chi connectivity index (χ1n) is 12.1. The van der Waals surface area contributed by atoms with Gasteiger partial charge in [0.1, 0.15) is 12.2 Å². The summed E-state index contributed by atoms with van der Waals surface area (Å²) in [6.45, 7) is 0. The molecular formula is C27H26N4O4S. The van der Waals surface area contributed by atoms with Crippen molar-refractivity contribution in [3.8, 4) is 5.69 Å². The Morgan fingerprint density at radius 3 is 1.97 bits per heavy atom. The maximum atomic E-state index is 13.4. The highest BCUT2D eigenvalue weighted by Gasteiger charge is 2.53. The third-order valence-corrected chi connectivity index (χ3v) is 8.64. The zero-order valence-corrected chi connectivity index (χ0v) is 20.4. The summed E-state index contributed by atoms with van der Waals surface area (Å²) in [6, 6.07) is 29.1. The van der Waals surface area contributed by atoms with E-state index in [1.165, 1.54) is 4.68 Å². The molecule has 1 saturated heterocycles. The predicted octanol–water partition coefficient (Wildman–Crippen LogP) is 4.46. The van der Waals surface area contributed by atoms with E-state index in [9.17, 15) is 8.42 Å². The molecule has 2 fully saturated rings. The largest absolute Gasteiger partial charge is 0.339 e. The van der Waals surface area contributed by atoms with E-state index < -0.39 is 15.6 Å². The van der Waals surface area contributed by atoms with Crippen molar-refractivity contribution < 1.29 is 17.9 Å². The summed E-state index contributed by atoms with van der Waals surface area (Å²) in [4.78, 5) is 0. The Balaban J connectivity index is 1.23. The molecule has 1 aromatic heterocycles. The van der Waals surface area contributed by atoms with E-state index in [-0.39, 0.29) is 29.0 Å². The maximum absolute atomic E-state index is 13.4. The van der Waals surface area contributed by atoms with Crippen molar-refractivity contribution >= 4 is 9.84 Å². The summed E-state index contributed by atoms with van der Waals surface area (Å²) in [5.41, 5.74) is 2.69. The molecule has 0 N–H and O–H groups in total. The van der Waals surface area contributed by atoms with E-state index in [2.05, 4.69) is 15.5 Å². The SMILES string of the molecule is O=S(=O)(C[C@H]1CCC2(C1)O[C@H](c1ccccc1)[C@@H](c1ccccc1)O2)c1nnnn1-c1ccccc1. The Bertz CT molecular complexity index is 1380. The van der Waals surface area contributed by atoms with Gasteiger partial charge in [0.05, 0.1) is 11.4 Å². The molecule has 1 spiro atoms. The van der Waals surface area contributed by atoms with Gasteiger partial charge in [-0.15, -0.1) is 0 Å². The number of hydrogen-bond donors (Lipinski definition) is 0. The van der Waals surface area contributed by atoms with Crippen molar-refractivity contribution in [2.75, 3.05) is 5.75 Å². The molecule has 6 rings (SSSR count). The fourth-order valence-corrected chi connectivity index (χ4v) is 6.92. The molecule has 0 amide bonds. The Morgan fingerprint density at radius 2 is 1.39 bits per heavy atom. The van der Waals surface area contributed by atoms with Crippen LogP contribution in [0.3, 0.4) is 0 Å². The van der Waals surface area contributed by atoms with Crippen LogP contribution >= 0.6 is 0 Å². The van der Waals surface area contributed by atoms with Gasteiger partial charge in [-0.3, -0.25) is 0 Å². The number of tetrazole rings is 1. The first-order chi connectivity index (χ1) is 17.5. The summed E-state index contributed by atoms with van der Waals surface area (Å²) in [7, 11) is -3.74. The smallest absolute Gasteiger partial charge is 0.272 e. The Kier molecular flexibility index (Phi) is 5.91. The van der Waals surface area contributed by atoms with Gasteiger partial charge in [0.15, 0.2) is 5.79 Å². The monoisotopic (exact) mass is 502 g/mol. The first-order valence-corrected chi connectivity index (χ1v) is 13.7. The van der Waals surface area contributed by atoms with Crippen LogP contribution in [0.2, 0.25) is 0 Å². The average Bonchev–Trinajstić information content (AvgIpc) is 3.65. The lowest BCUT2D eigenvalue weighted by Gasteiger charge is -2.23. The third kappa shape index (κ3) is 4.34. The fraction of sp³-hybridized carbons (Fsp3) is 0.296. The highest BCUT2D eigenvalue weighted by Crippen LogP contribution is 2.54. The van der Waals surface area contributed by atoms with Crippen molar-refractivity contribution in [2.24, 2.45) is 5.92 Å². The topological polar surface area (TPSA) is 96.2 Å². The summed E-state index contributed by atoms with van der Waals surface area (Å²) >= 11 is 0. The number of benzene rings is 3. The van der Waals surface area contributed by atoms with Gasteiger partial charge in [0, 0.05) is 12.8 Å². The molecule has 1 saturated carbocycles. The van der Waals surface area contributed by atoms with Crippen molar-refractivity contribution in [3.05, 3.63) is 102 Å². The zero-order valence-electron chi connectivity index (χ0n) is 19.6. The van der Waals surface area contributed by atoms with Crippen LogP contribution < -0.4 is 0 Å². The van der Waals surface area contributed by atoms with Crippen LogP contribution in [-0.2, 0) is 19.3 Å². The van der Waals surface area contributed by atoms with Crippen molar-refractivity contribution in [2.45, 2.75) is 42.4 Å². The van der Waals surface area contributed by atoms with Crippen LogP contribution in [0, 0.1) is 5.92 Å². The van der Waals surface area contributed by atoms with Crippen molar-refractivity contribution in [1.82, 2.24) is 20.2 Å². The summed E-state index contributed by atoms with van der Waals surface area (Å²) in [6.07, 6.45) is 1.26. The maximum Gasteiger partial charge on any atom is 0.272 e. The molecule has 0 radical (unpaired) electrons. The first kappa shape index (κ1) is 23.0. The second-order valence-electron chi connectivity index (χ2n) is 9.41. The van der Waals surface area contributed by atoms with Crippen LogP contribution in [0.5, 0.6) is 0 Å². The highest BCUT2D eigenvalue weighted by atomic mass is 32.2. The zero-order chi connectivity index (χ0) is 24.6. The van der Waals surface area contributed by atoms with Gasteiger partial charge in [-0.25, -0.2) is 8.42 Å². The van der Waals surface area contributed by atoms with Gasteiger partial charge >= 0.3 is 0 Å². The normalized spacial score (nSPS) is 23.3. The van der Waals surface area contributed by atoms with E-state index in [0.717, 1.165) is 11.1 Å². The lowest BCUT2D eigenvalue weighted by Crippen LogP contribution is -2.28. The van der Waals surface area contributed by atoms with E-state index in [1.807, 2.05) is 78.9 Å². The molecule has 0 unspecified atom stereocenters. The molecule has 1 aliphatic heterocycles. The molecule has 184 valence electrons. The lowest BCUT2D eigenvalue weighted by atomic mass is 9.99. The molecule has 8 nitrogen and oxygen atoms in total. The molecule has 36 heavy (non-hydrogen) atoms. The molecule has 1 aliphatic carbocycles. The van der Waals surface area contributed by atoms with Crippen molar-refractivity contribution in [3.63, 3.8) is 0 Å². The third-order valence-electron chi connectivity index (χ3n) is 6.92. The highest BCUT2D eigenvalue weighted by molar-refractivity contribution is 7.91. The molecule has 2 aliphatic rings. The minimum absolute atomic E-state index is 0.0688. The second-order valence-corrected chi connectivity index (χ2v) is 11.3. The van der Waals surface area contributed by atoms with E-state index in [0.29, 0.717) is 24.9 Å². The average molecular weight is 503 g/mol. The Labute approximate surface area is 209 Å². The van der Waals surface area contributed by atoms with Crippen molar-refractivity contribution in [1.29, 1.82) is 0 Å². The molecular weight excluding hydrogens is 476 g/mol. The fourth-order valence-electron chi connectivity index (χ4n) is 5.30. The van der Waals surface area contributed by atoms with E-state index >= 15 is 0 Å².